The minimum absolute atomic E-state index is 0.0195. The lowest BCUT2D eigenvalue weighted by atomic mass is 10.1. The van der Waals surface area contributed by atoms with Gasteiger partial charge in [0.15, 0.2) is 0 Å². The number of fused-ring (bicyclic) bond motifs is 3. The second-order valence-corrected chi connectivity index (χ2v) is 10.3. The van der Waals surface area contributed by atoms with Crippen molar-refractivity contribution in [2.75, 3.05) is 25.5 Å². The van der Waals surface area contributed by atoms with Gasteiger partial charge in [-0.15, -0.1) is 0 Å². The summed E-state index contributed by atoms with van der Waals surface area (Å²) in [5.74, 6) is -0.142. The number of rotatable bonds is 6. The fourth-order valence-electron chi connectivity index (χ4n) is 4.76. The van der Waals surface area contributed by atoms with Crippen molar-refractivity contribution in [3.8, 4) is 5.75 Å². The zero-order valence-electron chi connectivity index (χ0n) is 19.2. The van der Waals surface area contributed by atoms with Gasteiger partial charge in [0.05, 0.1) is 7.11 Å². The number of benzene rings is 3. The first-order valence-corrected chi connectivity index (χ1v) is 12.9. The van der Waals surface area contributed by atoms with Crippen molar-refractivity contribution in [1.82, 2.24) is 8.87 Å². The molecule has 4 aromatic rings. The van der Waals surface area contributed by atoms with Crippen molar-refractivity contribution in [3.05, 3.63) is 66.2 Å². The molecule has 1 aromatic heterocycles. The van der Waals surface area contributed by atoms with E-state index in [0.29, 0.717) is 18.8 Å². The summed E-state index contributed by atoms with van der Waals surface area (Å²) >= 11 is 0. The highest BCUT2D eigenvalue weighted by molar-refractivity contribution is 7.89. The van der Waals surface area contributed by atoms with Crippen LogP contribution in [0.1, 0.15) is 30.1 Å². The van der Waals surface area contributed by atoms with Gasteiger partial charge in [-0.2, -0.15) is 4.31 Å². The maximum Gasteiger partial charge on any atom is 0.255 e. The Bertz CT molecular complexity index is 1500. The van der Waals surface area contributed by atoms with Crippen molar-refractivity contribution in [2.45, 2.75) is 31.2 Å². The molecule has 1 aliphatic rings. The van der Waals surface area contributed by atoms with E-state index < -0.39 is 10.0 Å². The van der Waals surface area contributed by atoms with Crippen LogP contribution in [-0.2, 0) is 16.6 Å². The van der Waals surface area contributed by atoms with E-state index in [-0.39, 0.29) is 22.1 Å². The third-order valence-corrected chi connectivity index (χ3v) is 8.37. The summed E-state index contributed by atoms with van der Waals surface area (Å²) in [5.41, 5.74) is 3.16. The van der Waals surface area contributed by atoms with Gasteiger partial charge in [0, 0.05) is 52.7 Å². The average molecular weight is 478 g/mol. The topological polar surface area (TPSA) is 80.6 Å². The fourth-order valence-corrected chi connectivity index (χ4v) is 6.46. The summed E-state index contributed by atoms with van der Waals surface area (Å²) in [6, 6.07) is 18.6. The van der Waals surface area contributed by atoms with Crippen molar-refractivity contribution >= 4 is 43.4 Å². The first-order valence-electron chi connectivity index (χ1n) is 11.4. The molecule has 0 atom stereocenters. The van der Waals surface area contributed by atoms with E-state index >= 15 is 0 Å². The predicted molar refractivity (Wildman–Crippen MR) is 134 cm³/mol. The molecule has 5 rings (SSSR count). The number of anilines is 1. The molecular formula is C26H27N3O4S. The number of carbonyl (C=O) groups excluding carboxylic acids is 1. The molecule has 0 aliphatic carbocycles. The molecule has 34 heavy (non-hydrogen) atoms. The molecule has 0 spiro atoms. The number of ether oxygens (including phenoxy) is 1. The van der Waals surface area contributed by atoms with E-state index in [1.54, 1.807) is 6.07 Å². The molecule has 1 fully saturated rings. The minimum Gasteiger partial charge on any atom is -0.495 e. The number of amides is 1. The number of hydrogen-bond acceptors (Lipinski definition) is 4. The Morgan fingerprint density at radius 2 is 1.71 bits per heavy atom. The molecule has 1 aliphatic heterocycles. The van der Waals surface area contributed by atoms with Gasteiger partial charge in [-0.3, -0.25) is 4.79 Å². The monoisotopic (exact) mass is 477 g/mol. The number of para-hydroxylation sites is 1. The summed E-state index contributed by atoms with van der Waals surface area (Å²) in [6.07, 6.45) is 1.66. The second-order valence-electron chi connectivity index (χ2n) is 8.42. The summed E-state index contributed by atoms with van der Waals surface area (Å²) in [5, 5.41) is 5.11. The van der Waals surface area contributed by atoms with Gasteiger partial charge < -0.3 is 14.6 Å². The van der Waals surface area contributed by atoms with Crippen LogP contribution in [0.4, 0.5) is 5.69 Å². The number of sulfonamides is 1. The lowest BCUT2D eigenvalue weighted by molar-refractivity contribution is 0.102. The molecule has 7 nitrogen and oxygen atoms in total. The Hall–Kier alpha value is -3.36. The van der Waals surface area contributed by atoms with Gasteiger partial charge in [0.2, 0.25) is 10.0 Å². The van der Waals surface area contributed by atoms with Crippen LogP contribution < -0.4 is 10.1 Å². The Morgan fingerprint density at radius 1 is 0.971 bits per heavy atom. The lowest BCUT2D eigenvalue weighted by Crippen LogP contribution is -2.28. The predicted octanol–water partition coefficient (Wildman–Crippen LogP) is 4.86. The smallest absolute Gasteiger partial charge is 0.255 e. The molecule has 0 unspecified atom stereocenters. The summed E-state index contributed by atoms with van der Waals surface area (Å²) in [4.78, 5) is 13.1. The number of nitrogens with zero attached hydrogens (tertiary/aromatic N) is 2. The Morgan fingerprint density at radius 3 is 2.44 bits per heavy atom. The van der Waals surface area contributed by atoms with Crippen LogP contribution in [0.5, 0.6) is 5.75 Å². The quantitative estimate of drug-likeness (QED) is 0.430. The summed E-state index contributed by atoms with van der Waals surface area (Å²) < 4.78 is 35.3. The van der Waals surface area contributed by atoms with Gasteiger partial charge in [-0.25, -0.2) is 8.42 Å². The summed E-state index contributed by atoms with van der Waals surface area (Å²) in [6.45, 7) is 3.91. The van der Waals surface area contributed by atoms with Gasteiger partial charge >= 0.3 is 0 Å². The fraction of sp³-hybridized carbons (Fsp3) is 0.269. The van der Waals surface area contributed by atoms with E-state index in [2.05, 4.69) is 28.9 Å². The van der Waals surface area contributed by atoms with Crippen LogP contribution in [0.2, 0.25) is 0 Å². The molecule has 0 radical (unpaired) electrons. The highest BCUT2D eigenvalue weighted by Crippen LogP contribution is 2.32. The normalized spacial score (nSPS) is 14.6. The number of aryl methyl sites for hydroxylation is 1. The first kappa shape index (κ1) is 22.4. The number of hydrogen-bond donors (Lipinski definition) is 1. The van der Waals surface area contributed by atoms with Crippen LogP contribution in [0.25, 0.3) is 21.8 Å². The first-order chi connectivity index (χ1) is 16.4. The molecule has 2 heterocycles. The van der Waals surface area contributed by atoms with Crippen molar-refractivity contribution in [2.24, 2.45) is 0 Å². The molecule has 3 aromatic carbocycles. The van der Waals surface area contributed by atoms with Crippen LogP contribution in [-0.4, -0.2) is 43.4 Å². The Kier molecular flexibility index (Phi) is 5.79. The molecular weight excluding hydrogens is 450 g/mol. The molecule has 176 valence electrons. The van der Waals surface area contributed by atoms with Gasteiger partial charge in [0.25, 0.3) is 5.91 Å². The van der Waals surface area contributed by atoms with Crippen molar-refractivity contribution < 1.29 is 17.9 Å². The maximum absolute atomic E-state index is 13.2. The zero-order chi connectivity index (χ0) is 23.9. The van der Waals surface area contributed by atoms with Crippen molar-refractivity contribution in [1.29, 1.82) is 0 Å². The highest BCUT2D eigenvalue weighted by atomic mass is 32.2. The van der Waals surface area contributed by atoms with Crippen LogP contribution in [0.15, 0.2) is 65.6 Å². The van der Waals surface area contributed by atoms with Gasteiger partial charge in [-0.1, -0.05) is 18.2 Å². The maximum atomic E-state index is 13.2. The standard InChI is InChI=1S/C26H27N3O4S/c1-3-29-22-9-5-4-8-20(22)21-17-19(11-12-23(21)29)27-26(30)18-10-13-24(33-2)25(16-18)34(31,32)28-14-6-7-15-28/h4-5,8-13,16-17H,3,6-7,14-15H2,1-2H3,(H,27,30). The average Bonchev–Trinajstić information content (AvgIpc) is 3.50. The molecule has 0 bridgehead atoms. The van der Waals surface area contributed by atoms with Gasteiger partial charge in [-0.05, 0) is 62.2 Å². The van der Waals surface area contributed by atoms with Crippen molar-refractivity contribution in [3.63, 3.8) is 0 Å². The van der Waals surface area contributed by atoms with E-state index in [1.807, 2.05) is 30.3 Å². The SMILES string of the molecule is CCn1c2ccccc2c2cc(NC(=O)c3ccc(OC)c(S(=O)(=O)N4CCCC4)c3)ccc21. The molecule has 8 heteroatoms. The van der Waals surface area contributed by atoms with Gasteiger partial charge in [0.1, 0.15) is 10.6 Å². The van der Waals surface area contributed by atoms with Crippen LogP contribution in [0.3, 0.4) is 0 Å². The van der Waals surface area contributed by atoms with E-state index in [0.717, 1.165) is 41.2 Å². The largest absolute Gasteiger partial charge is 0.495 e. The summed E-state index contributed by atoms with van der Waals surface area (Å²) in [7, 11) is -2.31. The second kappa shape index (κ2) is 8.77. The third-order valence-electron chi connectivity index (χ3n) is 6.46. The highest BCUT2D eigenvalue weighted by Gasteiger charge is 2.30. The van der Waals surface area contributed by atoms with E-state index in [1.165, 1.54) is 23.5 Å². The van der Waals surface area contributed by atoms with Crippen LogP contribution >= 0.6 is 0 Å². The molecule has 0 saturated carbocycles. The minimum atomic E-state index is -3.74. The zero-order valence-corrected chi connectivity index (χ0v) is 20.1. The van der Waals surface area contributed by atoms with E-state index in [4.69, 9.17) is 4.74 Å². The molecule has 1 saturated heterocycles. The number of carbonyl (C=O) groups is 1. The number of aromatic nitrogens is 1. The lowest BCUT2D eigenvalue weighted by Gasteiger charge is -2.18. The molecule has 1 N–H and O–H groups in total. The molecule has 1 amide bonds. The van der Waals surface area contributed by atoms with E-state index in [9.17, 15) is 13.2 Å². The number of methoxy groups -OCH3 is 1. The Balaban J connectivity index is 1.49. The van der Waals surface area contributed by atoms with Crippen LogP contribution in [0, 0.1) is 0 Å². The third kappa shape index (κ3) is 3.73. The Labute approximate surface area is 199 Å². The number of nitrogens with one attached hydrogen (secondary N) is 1.